The first-order valence-corrected chi connectivity index (χ1v) is 7.69. The first kappa shape index (κ1) is 16.8. The lowest BCUT2D eigenvalue weighted by molar-refractivity contribution is 0.0747. The molecule has 7 nitrogen and oxygen atoms in total. The second-order valence-electron chi connectivity index (χ2n) is 5.67. The lowest BCUT2D eigenvalue weighted by Crippen LogP contribution is -2.42. The highest BCUT2D eigenvalue weighted by molar-refractivity contribution is 5.90. The molecule has 2 rings (SSSR count). The molecule has 7 heteroatoms. The van der Waals surface area contributed by atoms with Crippen LogP contribution in [0.3, 0.4) is 0 Å². The summed E-state index contributed by atoms with van der Waals surface area (Å²) >= 11 is 0. The number of ether oxygens (including phenoxy) is 2. The number of hydrogen-bond donors (Lipinski definition) is 1. The van der Waals surface area contributed by atoms with E-state index < -0.39 is 0 Å². The first-order valence-electron chi connectivity index (χ1n) is 7.69. The zero-order valence-corrected chi connectivity index (χ0v) is 13.9. The second kappa shape index (κ2) is 7.60. The number of nitrogens with zero attached hydrogens (tertiary/aromatic N) is 3. The van der Waals surface area contributed by atoms with Gasteiger partial charge in [-0.15, -0.1) is 0 Å². The lowest BCUT2D eigenvalue weighted by atomic mass is 10.2. The van der Waals surface area contributed by atoms with Crippen molar-refractivity contribution < 1.29 is 14.3 Å². The summed E-state index contributed by atoms with van der Waals surface area (Å²) in [7, 11) is 3.50. The average Bonchev–Trinajstić information content (AvgIpc) is 3.07. The molecular formula is C15H26N4O3. The molecule has 22 heavy (non-hydrogen) atoms. The first-order chi connectivity index (χ1) is 10.5. The van der Waals surface area contributed by atoms with Gasteiger partial charge in [-0.2, -0.15) is 5.10 Å². The quantitative estimate of drug-likeness (QED) is 0.868. The molecule has 124 valence electrons. The highest BCUT2D eigenvalue weighted by Crippen LogP contribution is 2.19. The van der Waals surface area contributed by atoms with Crippen LogP contribution in [0.1, 0.15) is 24.2 Å². The van der Waals surface area contributed by atoms with E-state index in [2.05, 4.69) is 10.4 Å². The topological polar surface area (TPSA) is 68.6 Å². The number of anilines is 1. The van der Waals surface area contributed by atoms with Crippen molar-refractivity contribution in [2.75, 3.05) is 38.7 Å². The van der Waals surface area contributed by atoms with Gasteiger partial charge in [-0.3, -0.25) is 4.68 Å². The van der Waals surface area contributed by atoms with Crippen LogP contribution >= 0.6 is 0 Å². The van der Waals surface area contributed by atoms with E-state index in [4.69, 9.17) is 9.47 Å². The number of rotatable bonds is 6. The van der Waals surface area contributed by atoms with E-state index in [1.807, 2.05) is 20.9 Å². The van der Waals surface area contributed by atoms with Gasteiger partial charge in [0.05, 0.1) is 29.8 Å². The van der Waals surface area contributed by atoms with Gasteiger partial charge in [0.15, 0.2) is 0 Å². The zero-order valence-electron chi connectivity index (χ0n) is 13.9. The highest BCUT2D eigenvalue weighted by Gasteiger charge is 2.23. The monoisotopic (exact) mass is 310 g/mol. The average molecular weight is 310 g/mol. The fourth-order valence-corrected chi connectivity index (χ4v) is 2.65. The molecule has 0 aromatic carbocycles. The number of methoxy groups -OCH3 is 1. The number of urea groups is 1. The van der Waals surface area contributed by atoms with Gasteiger partial charge in [0.2, 0.25) is 0 Å². The molecule has 1 aliphatic rings. The molecule has 2 heterocycles. The number of hydrogen-bond acceptors (Lipinski definition) is 4. The third kappa shape index (κ3) is 3.98. The molecule has 2 amide bonds. The molecule has 1 atom stereocenters. The molecule has 0 bridgehead atoms. The Morgan fingerprint density at radius 3 is 2.86 bits per heavy atom. The summed E-state index contributed by atoms with van der Waals surface area (Å²) in [6, 6.07) is -0.133. The molecular weight excluding hydrogens is 284 g/mol. The number of carbonyl (C=O) groups is 1. The summed E-state index contributed by atoms with van der Waals surface area (Å²) < 4.78 is 12.5. The van der Waals surface area contributed by atoms with E-state index in [9.17, 15) is 4.79 Å². The molecule has 0 spiro atoms. The summed E-state index contributed by atoms with van der Waals surface area (Å²) in [6.07, 6.45) is 2.19. The van der Waals surface area contributed by atoms with Crippen LogP contribution in [0.15, 0.2) is 0 Å². The molecule has 1 aromatic heterocycles. The summed E-state index contributed by atoms with van der Waals surface area (Å²) in [6.45, 7) is 6.25. The van der Waals surface area contributed by atoms with Gasteiger partial charge >= 0.3 is 6.03 Å². The Morgan fingerprint density at radius 1 is 1.55 bits per heavy atom. The van der Waals surface area contributed by atoms with Gasteiger partial charge < -0.3 is 19.7 Å². The SMILES string of the molecule is COCCN(C[C@@H]1CCCO1)C(=O)Nc1c(C)nn(C)c1C. The molecule has 1 aliphatic heterocycles. The van der Waals surface area contributed by atoms with Gasteiger partial charge in [0.1, 0.15) is 0 Å². The van der Waals surface area contributed by atoms with Crippen LogP contribution in [-0.2, 0) is 16.5 Å². The third-order valence-electron chi connectivity index (χ3n) is 4.04. The van der Waals surface area contributed by atoms with Crippen LogP contribution in [0.5, 0.6) is 0 Å². The number of nitrogens with one attached hydrogen (secondary N) is 1. The largest absolute Gasteiger partial charge is 0.383 e. The number of aryl methyl sites for hydroxylation is 2. The predicted octanol–water partition coefficient (Wildman–Crippen LogP) is 1.70. The van der Waals surface area contributed by atoms with Crippen LogP contribution in [0.25, 0.3) is 0 Å². The molecule has 0 unspecified atom stereocenters. The standard InChI is InChI=1S/C15H26N4O3/c1-11-14(12(2)18(3)17-11)16-15(20)19(7-9-21-4)10-13-6-5-8-22-13/h13H,5-10H2,1-4H3,(H,16,20)/t13-/m0/s1. The smallest absolute Gasteiger partial charge is 0.322 e. The van der Waals surface area contributed by atoms with E-state index in [1.165, 1.54) is 0 Å². The molecule has 1 N–H and O–H groups in total. The minimum atomic E-state index is -0.133. The number of amides is 2. The Labute approximate surface area is 131 Å². The maximum absolute atomic E-state index is 12.6. The fourth-order valence-electron chi connectivity index (χ4n) is 2.65. The highest BCUT2D eigenvalue weighted by atomic mass is 16.5. The number of carbonyl (C=O) groups excluding carboxylic acids is 1. The van der Waals surface area contributed by atoms with E-state index >= 15 is 0 Å². The summed E-state index contributed by atoms with van der Waals surface area (Å²) in [5.41, 5.74) is 2.54. The fraction of sp³-hybridized carbons (Fsp3) is 0.733. The summed E-state index contributed by atoms with van der Waals surface area (Å²) in [5.74, 6) is 0. The Morgan fingerprint density at radius 2 is 2.32 bits per heavy atom. The summed E-state index contributed by atoms with van der Waals surface area (Å²) in [4.78, 5) is 14.3. The Balaban J connectivity index is 2.03. The van der Waals surface area contributed by atoms with E-state index in [0.29, 0.717) is 19.7 Å². The van der Waals surface area contributed by atoms with E-state index in [0.717, 1.165) is 36.5 Å². The molecule has 0 saturated carbocycles. The van der Waals surface area contributed by atoms with Gasteiger partial charge in [0, 0.05) is 33.9 Å². The van der Waals surface area contributed by atoms with Crippen molar-refractivity contribution in [1.82, 2.24) is 14.7 Å². The van der Waals surface area contributed by atoms with Crippen LogP contribution in [0.4, 0.5) is 10.5 Å². The van der Waals surface area contributed by atoms with Crippen molar-refractivity contribution in [2.24, 2.45) is 7.05 Å². The van der Waals surface area contributed by atoms with Gasteiger partial charge in [0.25, 0.3) is 0 Å². The molecule has 1 aromatic rings. The third-order valence-corrected chi connectivity index (χ3v) is 4.04. The van der Waals surface area contributed by atoms with Crippen molar-refractivity contribution in [3.05, 3.63) is 11.4 Å². The molecule has 1 saturated heterocycles. The maximum Gasteiger partial charge on any atom is 0.322 e. The zero-order chi connectivity index (χ0) is 16.1. The van der Waals surface area contributed by atoms with Crippen LogP contribution in [0.2, 0.25) is 0 Å². The van der Waals surface area contributed by atoms with Crippen LogP contribution in [0, 0.1) is 13.8 Å². The summed E-state index contributed by atoms with van der Waals surface area (Å²) in [5, 5.41) is 7.30. The van der Waals surface area contributed by atoms with Gasteiger partial charge in [-0.25, -0.2) is 4.79 Å². The predicted molar refractivity (Wildman–Crippen MR) is 84.1 cm³/mol. The van der Waals surface area contributed by atoms with Crippen molar-refractivity contribution in [2.45, 2.75) is 32.8 Å². The van der Waals surface area contributed by atoms with Crippen LogP contribution in [-0.4, -0.2) is 60.2 Å². The van der Waals surface area contributed by atoms with Crippen molar-refractivity contribution >= 4 is 11.7 Å². The lowest BCUT2D eigenvalue weighted by Gasteiger charge is -2.25. The maximum atomic E-state index is 12.6. The van der Waals surface area contributed by atoms with Crippen LogP contribution < -0.4 is 5.32 Å². The number of aromatic nitrogens is 2. The van der Waals surface area contributed by atoms with E-state index in [1.54, 1.807) is 16.7 Å². The Hall–Kier alpha value is -1.60. The Bertz CT molecular complexity index is 509. The minimum Gasteiger partial charge on any atom is -0.383 e. The van der Waals surface area contributed by atoms with Gasteiger partial charge in [-0.1, -0.05) is 0 Å². The molecule has 0 aliphatic carbocycles. The van der Waals surface area contributed by atoms with Crippen molar-refractivity contribution in [3.63, 3.8) is 0 Å². The Kier molecular flexibility index (Phi) is 5.79. The van der Waals surface area contributed by atoms with Crippen molar-refractivity contribution in [3.8, 4) is 0 Å². The minimum absolute atomic E-state index is 0.124. The van der Waals surface area contributed by atoms with E-state index in [-0.39, 0.29) is 12.1 Å². The molecule has 1 fully saturated rings. The second-order valence-corrected chi connectivity index (χ2v) is 5.67. The molecule has 0 radical (unpaired) electrons. The van der Waals surface area contributed by atoms with Gasteiger partial charge in [-0.05, 0) is 26.7 Å². The van der Waals surface area contributed by atoms with Crippen molar-refractivity contribution in [1.29, 1.82) is 0 Å². The normalized spacial score (nSPS) is 17.7.